The quantitative estimate of drug-likeness (QED) is 0.661. The SMILES string of the molecule is COc1ccc(N2C(=N)c3ccoc3NC2C(=O)Nc2ccccc2)cc1. The Bertz CT molecular complexity index is 966. The van der Waals surface area contributed by atoms with Gasteiger partial charge in [-0.05, 0) is 42.5 Å². The van der Waals surface area contributed by atoms with E-state index in [1.54, 1.807) is 30.2 Å². The average molecular weight is 362 g/mol. The fourth-order valence-corrected chi connectivity index (χ4v) is 2.99. The second-order valence-electron chi connectivity index (χ2n) is 5.98. The summed E-state index contributed by atoms with van der Waals surface area (Å²) < 4.78 is 10.6. The maximum absolute atomic E-state index is 13.0. The summed E-state index contributed by atoms with van der Waals surface area (Å²) in [5.41, 5.74) is 1.96. The minimum absolute atomic E-state index is 0.177. The van der Waals surface area contributed by atoms with Gasteiger partial charge in [-0.15, -0.1) is 0 Å². The van der Waals surface area contributed by atoms with Gasteiger partial charge in [0.1, 0.15) is 11.6 Å². The number of amidine groups is 1. The highest BCUT2D eigenvalue weighted by Gasteiger charge is 2.37. The van der Waals surface area contributed by atoms with Crippen LogP contribution in [0.25, 0.3) is 0 Å². The Labute approximate surface area is 156 Å². The van der Waals surface area contributed by atoms with Crippen LogP contribution in [0.4, 0.5) is 17.3 Å². The van der Waals surface area contributed by atoms with Gasteiger partial charge in [-0.1, -0.05) is 18.2 Å². The number of rotatable bonds is 4. The minimum atomic E-state index is -0.843. The van der Waals surface area contributed by atoms with Crippen molar-refractivity contribution in [1.82, 2.24) is 0 Å². The van der Waals surface area contributed by atoms with Gasteiger partial charge in [-0.3, -0.25) is 15.1 Å². The van der Waals surface area contributed by atoms with E-state index in [1.807, 2.05) is 42.5 Å². The summed E-state index contributed by atoms with van der Waals surface area (Å²) >= 11 is 0. The molecular formula is C20H18N4O3. The highest BCUT2D eigenvalue weighted by Crippen LogP contribution is 2.31. The molecule has 1 aliphatic heterocycles. The molecule has 3 aromatic rings. The van der Waals surface area contributed by atoms with Crippen LogP contribution in [-0.2, 0) is 4.79 Å². The normalized spacial score (nSPS) is 15.7. The van der Waals surface area contributed by atoms with Crippen molar-refractivity contribution in [2.45, 2.75) is 6.17 Å². The number of benzene rings is 2. The van der Waals surface area contributed by atoms with Crippen molar-refractivity contribution in [1.29, 1.82) is 5.41 Å². The molecule has 136 valence electrons. The standard InChI is InChI=1S/C20H18N4O3/c1-26-15-9-7-14(8-10-15)24-17(21)16-11-12-27-20(16)23-18(24)19(25)22-13-5-3-2-4-6-13/h2-12,18,21,23H,1H3,(H,22,25). The summed E-state index contributed by atoms with van der Waals surface area (Å²) in [4.78, 5) is 14.6. The van der Waals surface area contributed by atoms with Crippen molar-refractivity contribution in [3.8, 4) is 5.75 Å². The smallest absolute Gasteiger partial charge is 0.268 e. The largest absolute Gasteiger partial charge is 0.497 e. The molecule has 0 saturated heterocycles. The number of hydrogen-bond donors (Lipinski definition) is 3. The molecule has 0 aliphatic carbocycles. The first-order chi connectivity index (χ1) is 13.2. The first-order valence-corrected chi connectivity index (χ1v) is 8.39. The van der Waals surface area contributed by atoms with Gasteiger partial charge in [-0.25, -0.2) is 0 Å². The van der Waals surface area contributed by atoms with Crippen LogP contribution in [0, 0.1) is 5.41 Å². The minimum Gasteiger partial charge on any atom is -0.497 e. The van der Waals surface area contributed by atoms with Gasteiger partial charge < -0.3 is 19.8 Å². The summed E-state index contributed by atoms with van der Waals surface area (Å²) in [5.74, 6) is 0.974. The molecule has 1 aromatic heterocycles. The molecule has 7 heteroatoms. The van der Waals surface area contributed by atoms with Crippen LogP contribution >= 0.6 is 0 Å². The number of furan rings is 1. The summed E-state index contributed by atoms with van der Waals surface area (Å²) in [5, 5.41) is 14.5. The zero-order valence-electron chi connectivity index (χ0n) is 14.6. The van der Waals surface area contributed by atoms with Crippen molar-refractivity contribution in [3.63, 3.8) is 0 Å². The number of ether oxygens (including phenoxy) is 1. The lowest BCUT2D eigenvalue weighted by Gasteiger charge is -2.36. The lowest BCUT2D eigenvalue weighted by molar-refractivity contribution is -0.116. The Morgan fingerprint density at radius 2 is 1.89 bits per heavy atom. The van der Waals surface area contributed by atoms with E-state index in [9.17, 15) is 4.79 Å². The molecule has 1 unspecified atom stereocenters. The number of methoxy groups -OCH3 is 1. The number of amides is 1. The molecule has 0 spiro atoms. The van der Waals surface area contributed by atoms with E-state index < -0.39 is 6.17 Å². The van der Waals surface area contributed by atoms with Crippen molar-refractivity contribution >= 4 is 29.0 Å². The van der Waals surface area contributed by atoms with Gasteiger partial charge in [0.15, 0.2) is 6.17 Å². The van der Waals surface area contributed by atoms with Gasteiger partial charge in [0.2, 0.25) is 5.88 Å². The Balaban J connectivity index is 1.69. The zero-order valence-corrected chi connectivity index (χ0v) is 14.6. The van der Waals surface area contributed by atoms with Crippen molar-refractivity contribution < 1.29 is 13.9 Å². The number of carbonyl (C=O) groups excluding carboxylic acids is 1. The molecule has 0 saturated carbocycles. The third-order valence-electron chi connectivity index (χ3n) is 4.33. The van der Waals surface area contributed by atoms with E-state index >= 15 is 0 Å². The molecule has 1 amide bonds. The molecule has 0 radical (unpaired) electrons. The first kappa shape index (κ1) is 16.7. The average Bonchev–Trinajstić information content (AvgIpc) is 3.18. The van der Waals surface area contributed by atoms with Crippen molar-refractivity contribution in [3.05, 3.63) is 72.5 Å². The molecule has 1 atom stereocenters. The highest BCUT2D eigenvalue weighted by atomic mass is 16.5. The van der Waals surface area contributed by atoms with Crippen LogP contribution in [0.5, 0.6) is 5.75 Å². The van der Waals surface area contributed by atoms with Crippen LogP contribution in [0.1, 0.15) is 5.56 Å². The number of anilines is 3. The molecule has 7 nitrogen and oxygen atoms in total. The molecule has 0 fully saturated rings. The fourth-order valence-electron chi connectivity index (χ4n) is 2.99. The van der Waals surface area contributed by atoms with Gasteiger partial charge in [0.05, 0.1) is 18.9 Å². The summed E-state index contributed by atoms with van der Waals surface area (Å²) in [7, 11) is 1.59. The van der Waals surface area contributed by atoms with E-state index in [-0.39, 0.29) is 11.7 Å². The monoisotopic (exact) mass is 362 g/mol. The second kappa shape index (κ2) is 6.87. The molecule has 4 rings (SSSR count). The number of hydrogen-bond acceptors (Lipinski definition) is 5. The Kier molecular flexibility index (Phi) is 4.25. The van der Waals surface area contributed by atoms with Crippen LogP contribution in [-0.4, -0.2) is 25.0 Å². The first-order valence-electron chi connectivity index (χ1n) is 8.39. The Morgan fingerprint density at radius 3 is 2.59 bits per heavy atom. The lowest BCUT2D eigenvalue weighted by atomic mass is 10.1. The fraction of sp³-hybridized carbons (Fsp3) is 0.100. The summed E-state index contributed by atoms with van der Waals surface area (Å²) in [6.07, 6.45) is 0.653. The predicted octanol–water partition coefficient (Wildman–Crippen LogP) is 3.51. The third kappa shape index (κ3) is 3.10. The third-order valence-corrected chi connectivity index (χ3v) is 4.33. The topological polar surface area (TPSA) is 90.6 Å². The van der Waals surface area contributed by atoms with Gasteiger partial charge in [-0.2, -0.15) is 0 Å². The summed E-state index contributed by atoms with van der Waals surface area (Å²) in [6, 6.07) is 18.1. The van der Waals surface area contributed by atoms with E-state index in [4.69, 9.17) is 14.6 Å². The van der Waals surface area contributed by atoms with E-state index in [2.05, 4.69) is 10.6 Å². The zero-order chi connectivity index (χ0) is 18.8. The lowest BCUT2D eigenvalue weighted by Crippen LogP contribution is -2.55. The number of para-hydroxylation sites is 1. The van der Waals surface area contributed by atoms with Gasteiger partial charge >= 0.3 is 0 Å². The van der Waals surface area contributed by atoms with Crippen LogP contribution < -0.4 is 20.3 Å². The molecular weight excluding hydrogens is 344 g/mol. The van der Waals surface area contributed by atoms with Gasteiger partial charge in [0, 0.05) is 11.4 Å². The summed E-state index contributed by atoms with van der Waals surface area (Å²) in [6.45, 7) is 0. The van der Waals surface area contributed by atoms with Gasteiger partial charge in [0.25, 0.3) is 5.91 Å². The Hall–Kier alpha value is -3.74. The van der Waals surface area contributed by atoms with Crippen LogP contribution in [0.15, 0.2) is 71.3 Å². The number of fused-ring (bicyclic) bond motifs is 1. The second-order valence-corrected chi connectivity index (χ2v) is 5.98. The molecule has 1 aliphatic rings. The van der Waals surface area contributed by atoms with E-state index in [0.717, 1.165) is 0 Å². The molecule has 3 N–H and O–H groups in total. The van der Waals surface area contributed by atoms with E-state index in [0.29, 0.717) is 28.6 Å². The predicted molar refractivity (Wildman–Crippen MR) is 103 cm³/mol. The van der Waals surface area contributed by atoms with Crippen molar-refractivity contribution in [2.24, 2.45) is 0 Å². The maximum Gasteiger partial charge on any atom is 0.268 e. The Morgan fingerprint density at radius 1 is 1.15 bits per heavy atom. The molecule has 2 aromatic carbocycles. The molecule has 0 bridgehead atoms. The molecule has 2 heterocycles. The highest BCUT2D eigenvalue weighted by molar-refractivity contribution is 6.17. The molecule has 27 heavy (non-hydrogen) atoms. The number of carbonyl (C=O) groups is 1. The van der Waals surface area contributed by atoms with E-state index in [1.165, 1.54) is 6.26 Å². The van der Waals surface area contributed by atoms with Crippen LogP contribution in [0.2, 0.25) is 0 Å². The van der Waals surface area contributed by atoms with Crippen LogP contribution in [0.3, 0.4) is 0 Å². The number of nitrogens with zero attached hydrogens (tertiary/aromatic N) is 1. The number of nitrogens with one attached hydrogen (secondary N) is 3. The van der Waals surface area contributed by atoms with Crippen molar-refractivity contribution in [2.75, 3.05) is 22.6 Å². The maximum atomic E-state index is 13.0.